The molecule has 0 saturated heterocycles. The number of aryl methyl sites for hydroxylation is 1. The minimum absolute atomic E-state index is 0.104. The lowest BCUT2D eigenvalue weighted by molar-refractivity contribution is -0.140. The van der Waals surface area contributed by atoms with Crippen LogP contribution >= 0.6 is 0 Å². The molecule has 0 aliphatic carbocycles. The molecule has 0 aromatic heterocycles. The molecule has 0 radical (unpaired) electrons. The molecular weight excluding hydrogens is 380 g/mol. The summed E-state index contributed by atoms with van der Waals surface area (Å²) in [4.78, 5) is 39.6. The minimum Gasteiger partial charge on any atom is -0.463 e. The van der Waals surface area contributed by atoms with Gasteiger partial charge in [0.1, 0.15) is 6.54 Å². The van der Waals surface area contributed by atoms with Crippen molar-refractivity contribution in [2.24, 2.45) is 0 Å². The van der Waals surface area contributed by atoms with E-state index in [1.807, 2.05) is 61.5 Å². The van der Waals surface area contributed by atoms with Crippen molar-refractivity contribution < 1.29 is 19.1 Å². The molecule has 1 atom stereocenters. The number of ether oxygens (including phenoxy) is 1. The summed E-state index contributed by atoms with van der Waals surface area (Å²) in [6, 6.07) is 16.8. The number of carbonyl (C=O) groups excluding carboxylic acids is 3. The zero-order valence-corrected chi connectivity index (χ0v) is 17.5. The van der Waals surface area contributed by atoms with Gasteiger partial charge in [-0.3, -0.25) is 9.59 Å². The number of benzene rings is 2. The highest BCUT2D eigenvalue weighted by Gasteiger charge is 2.37. The average Bonchev–Trinajstić information content (AvgIpc) is 2.73. The summed E-state index contributed by atoms with van der Waals surface area (Å²) in [6.45, 7) is 5.47. The predicted octanol–water partition coefficient (Wildman–Crippen LogP) is 3.79. The molecule has 2 aromatic carbocycles. The monoisotopic (exact) mass is 406 g/mol. The van der Waals surface area contributed by atoms with Crippen molar-refractivity contribution in [2.45, 2.75) is 33.1 Å². The van der Waals surface area contributed by atoms with Gasteiger partial charge in [-0.2, -0.15) is 0 Å². The Bertz CT molecular complexity index is 964. The van der Waals surface area contributed by atoms with Gasteiger partial charge in [-0.1, -0.05) is 48.0 Å². The van der Waals surface area contributed by atoms with E-state index in [1.54, 1.807) is 13.8 Å². The van der Waals surface area contributed by atoms with Crippen molar-refractivity contribution >= 4 is 23.5 Å². The topological polar surface area (TPSA) is 75.7 Å². The summed E-state index contributed by atoms with van der Waals surface area (Å²) >= 11 is 0. The third kappa shape index (κ3) is 4.76. The van der Waals surface area contributed by atoms with Gasteiger partial charge in [0.2, 0.25) is 11.8 Å². The molecular formula is C24H26N2O4. The SMILES string of the molecule is CCOC(=O)C1=C(C)N(CC(=O)Nc2ccc(C)cc2)C(=O)C[C@H]1c1ccccc1. The quantitative estimate of drug-likeness (QED) is 0.741. The van der Waals surface area contributed by atoms with Gasteiger partial charge in [-0.25, -0.2) is 4.79 Å². The minimum atomic E-state index is -0.458. The van der Waals surface area contributed by atoms with Gasteiger partial charge in [-0.05, 0) is 38.5 Å². The van der Waals surface area contributed by atoms with Crippen LogP contribution in [0.5, 0.6) is 0 Å². The van der Waals surface area contributed by atoms with Crippen LogP contribution in [0.1, 0.15) is 37.3 Å². The average molecular weight is 406 g/mol. The lowest BCUT2D eigenvalue weighted by Crippen LogP contribution is -2.42. The van der Waals surface area contributed by atoms with Crippen LogP contribution in [0.15, 0.2) is 65.9 Å². The maximum atomic E-state index is 12.9. The third-order valence-corrected chi connectivity index (χ3v) is 5.16. The van der Waals surface area contributed by atoms with Crippen LogP contribution in [-0.2, 0) is 19.1 Å². The summed E-state index contributed by atoms with van der Waals surface area (Å²) in [7, 11) is 0. The number of nitrogens with zero attached hydrogens (tertiary/aromatic N) is 1. The molecule has 1 aliphatic heterocycles. The highest BCUT2D eigenvalue weighted by atomic mass is 16.5. The molecule has 0 unspecified atom stereocenters. The zero-order valence-electron chi connectivity index (χ0n) is 17.5. The lowest BCUT2D eigenvalue weighted by Gasteiger charge is -2.34. The van der Waals surface area contributed by atoms with E-state index in [4.69, 9.17) is 4.74 Å². The van der Waals surface area contributed by atoms with Crippen LogP contribution < -0.4 is 5.32 Å². The summed E-state index contributed by atoms with van der Waals surface area (Å²) in [5.74, 6) is -1.38. The van der Waals surface area contributed by atoms with E-state index in [0.29, 0.717) is 17.0 Å². The zero-order chi connectivity index (χ0) is 21.7. The van der Waals surface area contributed by atoms with Crippen molar-refractivity contribution in [2.75, 3.05) is 18.5 Å². The van der Waals surface area contributed by atoms with Gasteiger partial charge in [0.15, 0.2) is 0 Å². The fourth-order valence-corrected chi connectivity index (χ4v) is 3.63. The van der Waals surface area contributed by atoms with E-state index in [1.165, 1.54) is 4.90 Å². The number of allylic oxidation sites excluding steroid dienone is 1. The number of nitrogens with one attached hydrogen (secondary N) is 1. The van der Waals surface area contributed by atoms with E-state index >= 15 is 0 Å². The molecule has 30 heavy (non-hydrogen) atoms. The largest absolute Gasteiger partial charge is 0.463 e. The second-order valence-electron chi connectivity index (χ2n) is 7.28. The fourth-order valence-electron chi connectivity index (χ4n) is 3.63. The van der Waals surface area contributed by atoms with Crippen molar-refractivity contribution in [3.05, 3.63) is 77.0 Å². The number of hydrogen-bond donors (Lipinski definition) is 1. The Hall–Kier alpha value is -3.41. The Balaban J connectivity index is 1.87. The van der Waals surface area contributed by atoms with Gasteiger partial charge < -0.3 is 15.0 Å². The Labute approximate surface area is 176 Å². The van der Waals surface area contributed by atoms with Crippen LogP contribution in [0.4, 0.5) is 5.69 Å². The van der Waals surface area contributed by atoms with Crippen molar-refractivity contribution in [3.8, 4) is 0 Å². The normalized spacial score (nSPS) is 16.4. The van der Waals surface area contributed by atoms with E-state index in [9.17, 15) is 14.4 Å². The number of anilines is 1. The standard InChI is InChI=1S/C24H26N2O4/c1-4-30-24(29)23-17(3)26(15-21(27)25-19-12-10-16(2)11-13-19)22(28)14-20(23)18-8-6-5-7-9-18/h5-13,20H,4,14-15H2,1-3H3,(H,25,27)/t20-/m0/s1. The smallest absolute Gasteiger partial charge is 0.336 e. The predicted molar refractivity (Wildman–Crippen MR) is 115 cm³/mol. The Morgan fingerprint density at radius 2 is 1.73 bits per heavy atom. The molecule has 6 heteroatoms. The second-order valence-corrected chi connectivity index (χ2v) is 7.28. The van der Waals surface area contributed by atoms with E-state index in [-0.39, 0.29) is 31.4 Å². The molecule has 0 spiro atoms. The van der Waals surface area contributed by atoms with Gasteiger partial charge in [0.05, 0.1) is 12.2 Å². The molecule has 3 rings (SSSR count). The molecule has 156 valence electrons. The maximum Gasteiger partial charge on any atom is 0.336 e. The van der Waals surface area contributed by atoms with Crippen molar-refractivity contribution in [3.63, 3.8) is 0 Å². The molecule has 1 aliphatic rings. The second kappa shape index (κ2) is 9.39. The molecule has 0 bridgehead atoms. The third-order valence-electron chi connectivity index (χ3n) is 5.16. The van der Waals surface area contributed by atoms with E-state index in [2.05, 4.69) is 5.32 Å². The van der Waals surface area contributed by atoms with E-state index in [0.717, 1.165) is 11.1 Å². The first-order chi connectivity index (χ1) is 14.4. The number of hydrogen-bond acceptors (Lipinski definition) is 4. The van der Waals surface area contributed by atoms with Crippen LogP contribution in [0.25, 0.3) is 0 Å². The Kier molecular flexibility index (Phi) is 6.67. The summed E-state index contributed by atoms with van der Waals surface area (Å²) in [5.41, 5.74) is 3.49. The summed E-state index contributed by atoms with van der Waals surface area (Å²) < 4.78 is 5.26. The first kappa shape index (κ1) is 21.3. The lowest BCUT2D eigenvalue weighted by atomic mass is 9.83. The molecule has 2 aromatic rings. The van der Waals surface area contributed by atoms with Crippen LogP contribution in [0.3, 0.4) is 0 Å². The number of carbonyl (C=O) groups is 3. The number of esters is 1. The number of amides is 2. The first-order valence-corrected chi connectivity index (χ1v) is 10.0. The van der Waals surface area contributed by atoms with E-state index < -0.39 is 11.9 Å². The van der Waals surface area contributed by atoms with Gasteiger partial charge >= 0.3 is 5.97 Å². The molecule has 0 fully saturated rings. The van der Waals surface area contributed by atoms with Gasteiger partial charge in [-0.15, -0.1) is 0 Å². The Morgan fingerprint density at radius 1 is 1.07 bits per heavy atom. The fraction of sp³-hybridized carbons (Fsp3) is 0.292. The summed E-state index contributed by atoms with van der Waals surface area (Å²) in [5, 5.41) is 2.80. The van der Waals surface area contributed by atoms with Crippen molar-refractivity contribution in [1.29, 1.82) is 0 Å². The molecule has 6 nitrogen and oxygen atoms in total. The van der Waals surface area contributed by atoms with Crippen LogP contribution in [0, 0.1) is 6.92 Å². The molecule has 1 heterocycles. The van der Waals surface area contributed by atoms with Gasteiger partial charge in [0, 0.05) is 23.7 Å². The highest BCUT2D eigenvalue weighted by molar-refractivity contribution is 5.99. The maximum absolute atomic E-state index is 12.9. The van der Waals surface area contributed by atoms with Crippen molar-refractivity contribution in [1.82, 2.24) is 4.90 Å². The summed E-state index contributed by atoms with van der Waals surface area (Å²) in [6.07, 6.45) is 0.104. The molecule has 2 amide bonds. The van der Waals surface area contributed by atoms with Crippen LogP contribution in [0.2, 0.25) is 0 Å². The first-order valence-electron chi connectivity index (χ1n) is 10.0. The highest BCUT2D eigenvalue weighted by Crippen LogP contribution is 2.36. The van der Waals surface area contributed by atoms with Gasteiger partial charge in [0.25, 0.3) is 0 Å². The molecule has 1 N–H and O–H groups in total. The molecule has 0 saturated carbocycles. The Morgan fingerprint density at radius 3 is 2.37 bits per heavy atom. The van der Waals surface area contributed by atoms with Crippen LogP contribution in [-0.4, -0.2) is 35.8 Å². The number of rotatable bonds is 6.